The predicted molar refractivity (Wildman–Crippen MR) is 98.2 cm³/mol. The van der Waals surface area contributed by atoms with Crippen molar-refractivity contribution >= 4 is 11.8 Å². The van der Waals surface area contributed by atoms with Gasteiger partial charge in [-0.15, -0.1) is 0 Å². The van der Waals surface area contributed by atoms with Crippen LogP contribution in [0.5, 0.6) is 0 Å². The highest BCUT2D eigenvalue weighted by Crippen LogP contribution is 2.20. The third kappa shape index (κ3) is 4.49. The lowest BCUT2D eigenvalue weighted by atomic mass is 10.0. The van der Waals surface area contributed by atoms with E-state index in [1.165, 1.54) is 5.56 Å². The first-order chi connectivity index (χ1) is 12.5. The number of aromatic nitrogens is 2. The third-order valence-electron chi connectivity index (χ3n) is 4.65. The molecule has 0 saturated carbocycles. The predicted octanol–water partition coefficient (Wildman–Crippen LogP) is 0.554. The van der Waals surface area contributed by atoms with Crippen LogP contribution < -0.4 is 10.6 Å². The summed E-state index contributed by atoms with van der Waals surface area (Å²) < 4.78 is 1.61. The first kappa shape index (κ1) is 18.1. The van der Waals surface area contributed by atoms with E-state index in [1.807, 2.05) is 31.2 Å². The van der Waals surface area contributed by atoms with E-state index in [2.05, 4.69) is 32.8 Å². The number of aryl methyl sites for hydroxylation is 1. The summed E-state index contributed by atoms with van der Waals surface area (Å²) in [5, 5.41) is 9.96. The molecular formula is C19H25N5O2. The van der Waals surface area contributed by atoms with E-state index in [-0.39, 0.29) is 30.3 Å². The second-order valence-electron chi connectivity index (χ2n) is 6.73. The van der Waals surface area contributed by atoms with Gasteiger partial charge in [-0.2, -0.15) is 5.10 Å². The lowest BCUT2D eigenvalue weighted by Crippen LogP contribution is -2.46. The molecule has 2 atom stereocenters. The van der Waals surface area contributed by atoms with E-state index in [0.717, 1.165) is 12.2 Å². The Kier molecular flexibility index (Phi) is 5.68. The number of hydrogen-bond donors (Lipinski definition) is 2. The molecule has 0 aliphatic carbocycles. The normalized spacial score (nSPS) is 20.1. The molecule has 2 aromatic rings. The van der Waals surface area contributed by atoms with Crippen molar-refractivity contribution in [2.75, 3.05) is 20.1 Å². The molecule has 2 amide bonds. The van der Waals surface area contributed by atoms with Crippen molar-refractivity contribution in [1.29, 1.82) is 0 Å². The zero-order chi connectivity index (χ0) is 18.5. The van der Waals surface area contributed by atoms with Crippen molar-refractivity contribution in [2.24, 2.45) is 5.92 Å². The minimum atomic E-state index is -0.257. The molecule has 2 N–H and O–H groups in total. The molecule has 1 saturated heterocycles. The molecule has 1 aliphatic heterocycles. The summed E-state index contributed by atoms with van der Waals surface area (Å²) >= 11 is 0. The Hall–Kier alpha value is -2.67. The van der Waals surface area contributed by atoms with Gasteiger partial charge in [-0.25, -0.2) is 0 Å². The fourth-order valence-electron chi connectivity index (χ4n) is 3.40. The molecule has 1 fully saturated rings. The van der Waals surface area contributed by atoms with E-state index < -0.39 is 0 Å². The van der Waals surface area contributed by atoms with Gasteiger partial charge >= 0.3 is 0 Å². The number of hydrogen-bond acceptors (Lipinski definition) is 4. The van der Waals surface area contributed by atoms with Crippen LogP contribution in [0.4, 0.5) is 0 Å². The molecule has 1 aromatic heterocycles. The van der Waals surface area contributed by atoms with Crippen LogP contribution in [-0.4, -0.2) is 52.7 Å². The van der Waals surface area contributed by atoms with Crippen LogP contribution in [0.15, 0.2) is 42.6 Å². The highest BCUT2D eigenvalue weighted by molar-refractivity contribution is 5.82. The van der Waals surface area contributed by atoms with Crippen LogP contribution in [0.1, 0.15) is 11.3 Å². The molecule has 26 heavy (non-hydrogen) atoms. The van der Waals surface area contributed by atoms with Gasteiger partial charge in [0.05, 0.1) is 17.7 Å². The summed E-state index contributed by atoms with van der Waals surface area (Å²) in [6.45, 7) is 4.08. The molecule has 1 aromatic carbocycles. The highest BCUT2D eigenvalue weighted by atomic mass is 16.2. The Labute approximate surface area is 153 Å². The van der Waals surface area contributed by atoms with Gasteiger partial charge in [0.15, 0.2) is 0 Å². The molecule has 0 radical (unpaired) electrons. The summed E-state index contributed by atoms with van der Waals surface area (Å²) in [7, 11) is 1.63. The van der Waals surface area contributed by atoms with Crippen LogP contribution in [0.2, 0.25) is 0 Å². The van der Waals surface area contributed by atoms with Gasteiger partial charge in [-0.05, 0) is 18.6 Å². The smallest absolute Gasteiger partial charge is 0.242 e. The minimum absolute atomic E-state index is 0.0409. The zero-order valence-corrected chi connectivity index (χ0v) is 15.2. The van der Waals surface area contributed by atoms with Crippen LogP contribution in [0.25, 0.3) is 0 Å². The van der Waals surface area contributed by atoms with Gasteiger partial charge in [-0.3, -0.25) is 19.2 Å². The van der Waals surface area contributed by atoms with Crippen molar-refractivity contribution < 1.29 is 9.59 Å². The van der Waals surface area contributed by atoms with Gasteiger partial charge in [0.2, 0.25) is 11.8 Å². The standard InChI is InChI=1S/C19H25N5O2/c1-14-8-9-24(22-14)13-18(25)21-17-12-23(11-16(17)19(26)20-2)10-15-6-4-3-5-7-15/h3-9,16-17H,10-13H2,1-2H3,(H,20,26)(H,21,25)/t16-,17-/m0/s1. The molecule has 7 heteroatoms. The molecule has 2 heterocycles. The van der Waals surface area contributed by atoms with E-state index in [0.29, 0.717) is 13.1 Å². The van der Waals surface area contributed by atoms with Crippen molar-refractivity contribution in [3.8, 4) is 0 Å². The summed E-state index contributed by atoms with van der Waals surface area (Å²) in [4.78, 5) is 26.8. The zero-order valence-electron chi connectivity index (χ0n) is 15.2. The maximum Gasteiger partial charge on any atom is 0.242 e. The maximum absolute atomic E-state index is 12.4. The largest absolute Gasteiger partial charge is 0.359 e. The van der Waals surface area contributed by atoms with Gasteiger partial charge in [-0.1, -0.05) is 30.3 Å². The molecule has 1 aliphatic rings. The SMILES string of the molecule is CNC(=O)[C@H]1CN(Cc2ccccc2)C[C@@H]1NC(=O)Cn1ccc(C)n1. The summed E-state index contributed by atoms with van der Waals surface area (Å²) in [5.41, 5.74) is 2.07. The number of carbonyl (C=O) groups is 2. The minimum Gasteiger partial charge on any atom is -0.359 e. The van der Waals surface area contributed by atoms with Gasteiger partial charge in [0.1, 0.15) is 6.54 Å². The number of nitrogens with zero attached hydrogens (tertiary/aromatic N) is 3. The molecule has 3 rings (SSSR count). The first-order valence-electron chi connectivity index (χ1n) is 8.82. The molecule has 0 bridgehead atoms. The van der Waals surface area contributed by atoms with Crippen LogP contribution in [0.3, 0.4) is 0 Å². The van der Waals surface area contributed by atoms with E-state index in [4.69, 9.17) is 0 Å². The van der Waals surface area contributed by atoms with Crippen molar-refractivity contribution in [1.82, 2.24) is 25.3 Å². The van der Waals surface area contributed by atoms with Crippen LogP contribution in [-0.2, 0) is 22.7 Å². The Morgan fingerprint density at radius 1 is 1.19 bits per heavy atom. The van der Waals surface area contributed by atoms with Crippen molar-refractivity contribution in [2.45, 2.75) is 26.1 Å². The Morgan fingerprint density at radius 3 is 2.62 bits per heavy atom. The van der Waals surface area contributed by atoms with Gasteiger partial charge < -0.3 is 10.6 Å². The number of likely N-dealkylation sites (tertiary alicyclic amines) is 1. The number of rotatable bonds is 6. The number of nitrogens with one attached hydrogen (secondary N) is 2. The molecule has 7 nitrogen and oxygen atoms in total. The second-order valence-corrected chi connectivity index (χ2v) is 6.73. The fraction of sp³-hybridized carbons (Fsp3) is 0.421. The summed E-state index contributed by atoms with van der Waals surface area (Å²) in [6.07, 6.45) is 1.78. The number of amides is 2. The Balaban J connectivity index is 1.63. The lowest BCUT2D eigenvalue weighted by Gasteiger charge is -2.18. The summed E-state index contributed by atoms with van der Waals surface area (Å²) in [6, 6.07) is 11.8. The number of benzene rings is 1. The first-order valence-corrected chi connectivity index (χ1v) is 8.82. The van der Waals surface area contributed by atoms with E-state index in [1.54, 1.807) is 17.9 Å². The number of carbonyl (C=O) groups excluding carboxylic acids is 2. The monoisotopic (exact) mass is 355 g/mol. The molecule has 0 spiro atoms. The van der Waals surface area contributed by atoms with Crippen LogP contribution in [0, 0.1) is 12.8 Å². The Bertz CT molecular complexity index is 758. The average Bonchev–Trinajstić information content (AvgIpc) is 3.21. The van der Waals surface area contributed by atoms with Crippen LogP contribution >= 0.6 is 0 Å². The van der Waals surface area contributed by atoms with Crippen molar-refractivity contribution in [3.05, 3.63) is 53.9 Å². The molecular weight excluding hydrogens is 330 g/mol. The maximum atomic E-state index is 12.4. The Morgan fingerprint density at radius 2 is 1.96 bits per heavy atom. The topological polar surface area (TPSA) is 79.3 Å². The van der Waals surface area contributed by atoms with Gasteiger partial charge in [0, 0.05) is 32.9 Å². The van der Waals surface area contributed by atoms with Crippen molar-refractivity contribution in [3.63, 3.8) is 0 Å². The summed E-state index contributed by atoms with van der Waals surface area (Å²) in [5.74, 6) is -0.429. The second kappa shape index (κ2) is 8.14. The average molecular weight is 355 g/mol. The molecule has 138 valence electrons. The van der Waals surface area contributed by atoms with Gasteiger partial charge in [0.25, 0.3) is 0 Å². The highest BCUT2D eigenvalue weighted by Gasteiger charge is 2.37. The lowest BCUT2D eigenvalue weighted by molar-refractivity contribution is -0.126. The van der Waals surface area contributed by atoms with E-state index >= 15 is 0 Å². The molecule has 0 unspecified atom stereocenters. The van der Waals surface area contributed by atoms with E-state index in [9.17, 15) is 9.59 Å². The fourth-order valence-corrected chi connectivity index (χ4v) is 3.40. The third-order valence-corrected chi connectivity index (χ3v) is 4.65. The quantitative estimate of drug-likeness (QED) is 0.793.